The number of aliphatic imine (C=N–C) groups is 1. The Morgan fingerprint density at radius 2 is 1.61 bits per heavy atom. The smallest absolute Gasteiger partial charge is 0.167 e. The van der Waals surface area contributed by atoms with Crippen molar-refractivity contribution >= 4 is 28.8 Å². The van der Waals surface area contributed by atoms with E-state index in [1.165, 1.54) is 12.1 Å². The lowest BCUT2D eigenvalue weighted by Crippen LogP contribution is -2.35. The largest absolute Gasteiger partial charge is 0.512 e. The Morgan fingerprint density at radius 3 is 2.21 bits per heavy atom. The number of carbonyl (C=O) groups is 1. The number of fused-ring (bicyclic) bond motifs is 1. The Hall–Kier alpha value is -3.49. The topological polar surface area (TPSA) is 73.5 Å². The van der Waals surface area contributed by atoms with Gasteiger partial charge in [0.15, 0.2) is 5.78 Å². The van der Waals surface area contributed by atoms with Crippen molar-refractivity contribution in [3.05, 3.63) is 98.5 Å². The van der Waals surface area contributed by atoms with Gasteiger partial charge in [-0.15, -0.1) is 0 Å². The zero-order chi connectivity index (χ0) is 27.4. The summed E-state index contributed by atoms with van der Waals surface area (Å²) in [7, 11) is 0. The van der Waals surface area contributed by atoms with Crippen LogP contribution in [0.1, 0.15) is 70.4 Å². The van der Waals surface area contributed by atoms with Crippen molar-refractivity contribution in [1.29, 1.82) is 5.26 Å². The molecule has 3 aliphatic rings. The maximum absolute atomic E-state index is 14.0. The lowest BCUT2D eigenvalue weighted by atomic mass is 9.63. The number of hydrogen-bond donors (Lipinski definition) is 1. The summed E-state index contributed by atoms with van der Waals surface area (Å²) >= 11 is 6.14. The van der Waals surface area contributed by atoms with Gasteiger partial charge in [0.1, 0.15) is 11.6 Å². The third-order valence-corrected chi connectivity index (χ3v) is 7.86. The Kier molecular flexibility index (Phi) is 6.44. The molecule has 0 aromatic heterocycles. The lowest BCUT2D eigenvalue weighted by Gasteiger charge is -2.41. The number of Topliss-reactive ketones (excluding diaryl/α,β-unsaturated/α-hetero) is 1. The number of aliphatic hydroxyl groups is 1. The summed E-state index contributed by atoms with van der Waals surface area (Å²) in [6, 6.07) is 15.7. The first kappa shape index (κ1) is 26.1. The van der Waals surface area contributed by atoms with E-state index in [2.05, 4.69) is 19.9 Å². The van der Waals surface area contributed by atoms with Crippen molar-refractivity contribution in [2.75, 3.05) is 0 Å². The van der Waals surface area contributed by atoms with Crippen LogP contribution in [-0.2, 0) is 4.79 Å². The summed E-state index contributed by atoms with van der Waals surface area (Å²) in [5.41, 5.74) is 4.55. The van der Waals surface area contributed by atoms with Crippen molar-refractivity contribution in [2.45, 2.75) is 59.3 Å². The molecule has 0 amide bonds. The van der Waals surface area contributed by atoms with Gasteiger partial charge in [-0.25, -0.2) is 4.39 Å². The molecule has 0 fully saturated rings. The normalized spacial score (nSPS) is 22.7. The zero-order valence-electron chi connectivity index (χ0n) is 22.0. The SMILES string of the molecule is CC1(C)CC(=O)C(C2=C3C(=NC(c4ccc(Cl)cc4)=C(C#N)C3c3ccc(F)cc3)CC(C)(C)C2)=C(O)C1. The number of allylic oxidation sites excluding steroid dienone is 5. The van der Waals surface area contributed by atoms with Gasteiger partial charge in [0.25, 0.3) is 0 Å². The van der Waals surface area contributed by atoms with Crippen LogP contribution in [0, 0.1) is 28.0 Å². The van der Waals surface area contributed by atoms with Crippen LogP contribution in [0.5, 0.6) is 0 Å². The minimum atomic E-state index is -0.562. The second-order valence-electron chi connectivity index (χ2n) is 12.1. The first-order chi connectivity index (χ1) is 17.9. The van der Waals surface area contributed by atoms with Gasteiger partial charge < -0.3 is 5.11 Å². The molecule has 0 saturated carbocycles. The van der Waals surface area contributed by atoms with Crippen molar-refractivity contribution in [1.82, 2.24) is 0 Å². The fraction of sp³-hybridized carbons (Fsp3) is 0.344. The summed E-state index contributed by atoms with van der Waals surface area (Å²) in [6.07, 6.45) is 1.91. The Bertz CT molecular complexity index is 1500. The molecule has 0 spiro atoms. The monoisotopic (exact) mass is 528 g/mol. The van der Waals surface area contributed by atoms with Crippen LogP contribution in [0.2, 0.25) is 5.02 Å². The Labute approximate surface area is 227 Å². The van der Waals surface area contributed by atoms with Crippen LogP contribution >= 0.6 is 11.6 Å². The average Bonchev–Trinajstić information content (AvgIpc) is 2.82. The minimum Gasteiger partial charge on any atom is -0.512 e. The van der Waals surface area contributed by atoms with Crippen LogP contribution in [0.15, 0.2) is 81.6 Å². The van der Waals surface area contributed by atoms with Gasteiger partial charge in [0.05, 0.1) is 22.9 Å². The molecule has 0 bridgehead atoms. The van der Waals surface area contributed by atoms with Gasteiger partial charge in [-0.1, -0.05) is 63.6 Å². The zero-order valence-corrected chi connectivity index (χ0v) is 22.8. The van der Waals surface area contributed by atoms with Crippen LogP contribution < -0.4 is 0 Å². The van der Waals surface area contributed by atoms with Gasteiger partial charge in [-0.3, -0.25) is 9.79 Å². The standard InChI is InChI=1S/C32H30ClFN2O2/c1-31(2)13-22(29-25(37)15-32(3,4)16-26(29)38)28-24(14-31)36-30(19-5-9-20(33)10-6-19)23(17-35)27(28)18-7-11-21(34)12-8-18/h5-12,27,37H,13-16H2,1-4H3. The quantitative estimate of drug-likeness (QED) is 0.435. The van der Waals surface area contributed by atoms with E-state index in [0.717, 1.165) is 28.0 Å². The highest BCUT2D eigenvalue weighted by molar-refractivity contribution is 6.30. The highest BCUT2D eigenvalue weighted by Crippen LogP contribution is 2.52. The van der Waals surface area contributed by atoms with E-state index >= 15 is 0 Å². The molecule has 1 heterocycles. The summed E-state index contributed by atoms with van der Waals surface area (Å²) in [6.45, 7) is 8.20. The maximum Gasteiger partial charge on any atom is 0.167 e. The number of aliphatic hydroxyl groups excluding tert-OH is 1. The maximum atomic E-state index is 14.0. The van der Waals surface area contributed by atoms with E-state index in [1.807, 2.05) is 26.0 Å². The number of ketones is 1. The lowest BCUT2D eigenvalue weighted by molar-refractivity contribution is -0.118. The molecule has 4 nitrogen and oxygen atoms in total. The Balaban J connectivity index is 1.84. The number of rotatable bonds is 3. The molecule has 38 heavy (non-hydrogen) atoms. The second-order valence-corrected chi connectivity index (χ2v) is 12.5. The number of benzene rings is 2. The minimum absolute atomic E-state index is 0.0923. The molecule has 0 radical (unpaired) electrons. The van der Waals surface area contributed by atoms with Crippen molar-refractivity contribution in [3.8, 4) is 6.07 Å². The molecule has 1 atom stereocenters. The van der Waals surface area contributed by atoms with Gasteiger partial charge in [0.2, 0.25) is 0 Å². The van der Waals surface area contributed by atoms with E-state index in [0.29, 0.717) is 47.5 Å². The predicted octanol–water partition coefficient (Wildman–Crippen LogP) is 8.27. The molecular formula is C32H30ClFN2O2. The predicted molar refractivity (Wildman–Crippen MR) is 148 cm³/mol. The van der Waals surface area contributed by atoms with Gasteiger partial charge in [-0.05, 0) is 64.6 Å². The number of nitriles is 1. The van der Waals surface area contributed by atoms with E-state index in [4.69, 9.17) is 16.6 Å². The highest BCUT2D eigenvalue weighted by atomic mass is 35.5. The third-order valence-electron chi connectivity index (χ3n) is 7.61. The summed E-state index contributed by atoms with van der Waals surface area (Å²) < 4.78 is 14.0. The molecule has 0 saturated heterocycles. The molecule has 1 aliphatic heterocycles. The van der Waals surface area contributed by atoms with Crippen LogP contribution in [0.3, 0.4) is 0 Å². The van der Waals surface area contributed by atoms with Gasteiger partial charge >= 0.3 is 0 Å². The molecule has 194 valence electrons. The van der Waals surface area contributed by atoms with Crippen molar-refractivity contribution in [2.24, 2.45) is 15.8 Å². The molecular weight excluding hydrogens is 499 g/mol. The summed E-state index contributed by atoms with van der Waals surface area (Å²) in [5, 5.41) is 22.3. The van der Waals surface area contributed by atoms with E-state index < -0.39 is 5.92 Å². The number of hydrogen-bond acceptors (Lipinski definition) is 4. The fourth-order valence-corrected chi connectivity index (χ4v) is 6.19. The molecule has 5 rings (SSSR count). The molecule has 2 aromatic carbocycles. The number of carbonyl (C=O) groups excluding carboxylic acids is 1. The summed E-state index contributed by atoms with van der Waals surface area (Å²) in [4.78, 5) is 18.6. The van der Waals surface area contributed by atoms with Gasteiger partial charge in [-0.2, -0.15) is 5.26 Å². The van der Waals surface area contributed by atoms with E-state index in [9.17, 15) is 19.6 Å². The van der Waals surface area contributed by atoms with E-state index in [1.54, 1.807) is 24.3 Å². The van der Waals surface area contributed by atoms with Crippen LogP contribution in [-0.4, -0.2) is 16.6 Å². The fourth-order valence-electron chi connectivity index (χ4n) is 6.06. The summed E-state index contributed by atoms with van der Waals surface area (Å²) in [5.74, 6) is -0.937. The molecule has 2 aromatic rings. The van der Waals surface area contributed by atoms with Gasteiger partial charge in [0, 0.05) is 35.1 Å². The molecule has 1 N–H and O–H groups in total. The number of nitrogens with zero attached hydrogens (tertiary/aromatic N) is 2. The third kappa shape index (κ3) is 4.74. The van der Waals surface area contributed by atoms with Crippen molar-refractivity contribution in [3.63, 3.8) is 0 Å². The van der Waals surface area contributed by atoms with E-state index in [-0.39, 0.29) is 28.2 Å². The first-order valence-electron chi connectivity index (χ1n) is 12.8. The molecule has 1 unspecified atom stereocenters. The van der Waals surface area contributed by atoms with Crippen molar-refractivity contribution < 1.29 is 14.3 Å². The number of halogens is 2. The molecule has 2 aliphatic carbocycles. The van der Waals surface area contributed by atoms with Crippen LogP contribution in [0.25, 0.3) is 5.70 Å². The second kappa shape index (κ2) is 9.36. The molecule has 6 heteroatoms. The Morgan fingerprint density at radius 1 is 0.974 bits per heavy atom. The first-order valence-corrected chi connectivity index (χ1v) is 13.2. The average molecular weight is 529 g/mol. The highest BCUT2D eigenvalue weighted by Gasteiger charge is 2.44. The van der Waals surface area contributed by atoms with Crippen LogP contribution in [0.4, 0.5) is 4.39 Å².